The van der Waals surface area contributed by atoms with Crippen LogP contribution in [0.2, 0.25) is 0 Å². The van der Waals surface area contributed by atoms with E-state index in [0.717, 1.165) is 69.5 Å². The van der Waals surface area contributed by atoms with Gasteiger partial charge in [-0.05, 0) is 89.7 Å². The van der Waals surface area contributed by atoms with Crippen LogP contribution in [0.1, 0.15) is 76.5 Å². The molecule has 0 atom stereocenters. The number of sulfone groups is 1. The molecule has 32 heavy (non-hydrogen) atoms. The Morgan fingerprint density at radius 2 is 1.72 bits per heavy atom. The first-order valence-corrected chi connectivity index (χ1v) is 13.6. The number of hydrogen-bond acceptors (Lipinski definition) is 6. The number of carbonyl (C=O) groups excluding carboxylic acids is 1. The highest BCUT2D eigenvalue weighted by Crippen LogP contribution is 2.36. The second-order valence-electron chi connectivity index (χ2n) is 10.3. The van der Waals surface area contributed by atoms with Crippen molar-refractivity contribution in [3.63, 3.8) is 0 Å². The van der Waals surface area contributed by atoms with Crippen molar-refractivity contribution in [3.8, 4) is 0 Å². The zero-order valence-electron chi connectivity index (χ0n) is 20.1. The predicted octanol–water partition coefficient (Wildman–Crippen LogP) is 4.48. The van der Waals surface area contributed by atoms with Gasteiger partial charge in [0.2, 0.25) is 0 Å². The smallest absolute Gasteiger partial charge is 0.410 e. The van der Waals surface area contributed by atoms with Crippen molar-refractivity contribution in [1.82, 2.24) is 9.88 Å². The Hall–Kier alpha value is -1.67. The van der Waals surface area contributed by atoms with Crippen LogP contribution in [0.15, 0.2) is 17.2 Å². The van der Waals surface area contributed by atoms with Crippen molar-refractivity contribution in [1.29, 1.82) is 0 Å². The van der Waals surface area contributed by atoms with Gasteiger partial charge in [-0.1, -0.05) is 6.07 Å². The quantitative estimate of drug-likeness (QED) is 0.636. The second kappa shape index (κ2) is 10.1. The molecule has 2 fully saturated rings. The van der Waals surface area contributed by atoms with E-state index >= 15 is 0 Å². The monoisotopic (exact) mass is 466 g/mol. The van der Waals surface area contributed by atoms with E-state index in [-0.39, 0.29) is 17.2 Å². The first-order valence-electron chi connectivity index (χ1n) is 11.7. The molecule has 0 radical (unpaired) electrons. The zero-order valence-corrected chi connectivity index (χ0v) is 20.9. The van der Waals surface area contributed by atoms with Crippen molar-refractivity contribution >= 4 is 15.9 Å². The summed E-state index contributed by atoms with van der Waals surface area (Å²) in [5.41, 5.74) is 1.51. The van der Waals surface area contributed by atoms with Crippen molar-refractivity contribution in [2.75, 3.05) is 26.0 Å². The minimum atomic E-state index is -3.28. The minimum absolute atomic E-state index is 0.147. The number of hydrogen-bond donors (Lipinski definition) is 0. The molecule has 0 N–H and O–H groups in total. The number of nitrogens with zero attached hydrogens (tertiary/aromatic N) is 2. The lowest BCUT2D eigenvalue weighted by Gasteiger charge is -2.35. The number of ether oxygens (including phenoxy) is 2. The van der Waals surface area contributed by atoms with Gasteiger partial charge in [-0.2, -0.15) is 0 Å². The lowest BCUT2D eigenvalue weighted by Crippen LogP contribution is -2.42. The molecule has 7 nitrogen and oxygen atoms in total. The third-order valence-electron chi connectivity index (χ3n) is 6.43. The molecule has 2 heterocycles. The maximum atomic E-state index is 12.2. The Kier molecular flexibility index (Phi) is 7.86. The summed E-state index contributed by atoms with van der Waals surface area (Å²) >= 11 is 0. The van der Waals surface area contributed by atoms with E-state index in [1.54, 1.807) is 11.0 Å². The maximum Gasteiger partial charge on any atom is 0.410 e. The molecule has 1 aliphatic carbocycles. The van der Waals surface area contributed by atoms with E-state index in [4.69, 9.17) is 9.47 Å². The molecule has 0 bridgehead atoms. The van der Waals surface area contributed by atoms with Crippen LogP contribution in [0.25, 0.3) is 0 Å². The summed E-state index contributed by atoms with van der Waals surface area (Å²) in [5, 5.41) is 0.147. The van der Waals surface area contributed by atoms with Gasteiger partial charge in [-0.15, -0.1) is 0 Å². The fourth-order valence-corrected chi connectivity index (χ4v) is 5.23. The van der Waals surface area contributed by atoms with E-state index in [9.17, 15) is 13.2 Å². The molecule has 3 rings (SSSR count). The van der Waals surface area contributed by atoms with Gasteiger partial charge >= 0.3 is 6.09 Å². The average molecular weight is 467 g/mol. The van der Waals surface area contributed by atoms with Gasteiger partial charge in [-0.25, -0.2) is 18.2 Å². The Morgan fingerprint density at radius 3 is 2.25 bits per heavy atom. The van der Waals surface area contributed by atoms with Crippen LogP contribution in [0.4, 0.5) is 4.79 Å². The summed E-state index contributed by atoms with van der Waals surface area (Å²) in [6.07, 6.45) is 7.23. The van der Waals surface area contributed by atoms with Crippen molar-refractivity contribution < 1.29 is 22.7 Å². The van der Waals surface area contributed by atoms with Crippen LogP contribution in [-0.2, 0) is 19.3 Å². The van der Waals surface area contributed by atoms with Gasteiger partial charge in [0.1, 0.15) is 5.60 Å². The summed E-state index contributed by atoms with van der Waals surface area (Å²) in [6.45, 7) is 9.78. The van der Waals surface area contributed by atoms with Crippen molar-refractivity contribution in [2.24, 2.45) is 5.92 Å². The second-order valence-corrected chi connectivity index (χ2v) is 12.3. The van der Waals surface area contributed by atoms with Gasteiger partial charge in [0.15, 0.2) is 14.9 Å². The first kappa shape index (κ1) is 25.0. The van der Waals surface area contributed by atoms with Gasteiger partial charge in [0.05, 0.1) is 6.10 Å². The SMILES string of the molecule is Cc1nc(S(C)(=O)=O)ccc1C1CCC(OCC2CCN(C(=O)OC(C)(C)C)CC2)CC1. The van der Waals surface area contributed by atoms with Crippen molar-refractivity contribution in [2.45, 2.75) is 88.9 Å². The Bertz CT molecular complexity index is 893. The van der Waals surface area contributed by atoms with Crippen LogP contribution in [-0.4, -0.2) is 62.1 Å². The molecule has 0 aromatic carbocycles. The van der Waals surface area contributed by atoms with Crippen LogP contribution >= 0.6 is 0 Å². The largest absolute Gasteiger partial charge is 0.444 e. The number of aromatic nitrogens is 1. The summed E-state index contributed by atoms with van der Waals surface area (Å²) in [6, 6.07) is 3.56. The molecular weight excluding hydrogens is 428 g/mol. The first-order chi connectivity index (χ1) is 14.9. The minimum Gasteiger partial charge on any atom is -0.444 e. The van der Waals surface area contributed by atoms with E-state index in [1.165, 1.54) is 6.26 Å². The van der Waals surface area contributed by atoms with Crippen LogP contribution in [0, 0.1) is 12.8 Å². The highest BCUT2D eigenvalue weighted by atomic mass is 32.2. The van der Waals surface area contributed by atoms with Crippen LogP contribution in [0.5, 0.6) is 0 Å². The molecule has 0 spiro atoms. The summed E-state index contributed by atoms with van der Waals surface area (Å²) in [5.74, 6) is 0.898. The third kappa shape index (κ3) is 6.91. The number of pyridine rings is 1. The number of aryl methyl sites for hydroxylation is 1. The molecule has 8 heteroatoms. The predicted molar refractivity (Wildman–Crippen MR) is 124 cm³/mol. The van der Waals surface area contributed by atoms with Gasteiger partial charge in [0.25, 0.3) is 0 Å². The molecule has 180 valence electrons. The van der Waals surface area contributed by atoms with Gasteiger partial charge in [-0.3, -0.25) is 0 Å². The standard InChI is InChI=1S/C24H38N2O5S/c1-17-21(10-11-22(25-17)32(5,28)29)19-6-8-20(9-7-19)30-16-18-12-14-26(15-13-18)23(27)31-24(2,3)4/h10-11,18-20H,6-9,12-16H2,1-5H3. The van der Waals surface area contributed by atoms with Gasteiger partial charge in [0, 0.05) is 31.6 Å². The lowest BCUT2D eigenvalue weighted by molar-refractivity contribution is -0.0143. The maximum absolute atomic E-state index is 12.2. The number of piperidine rings is 1. The van der Waals surface area contributed by atoms with E-state index in [0.29, 0.717) is 11.8 Å². The fraction of sp³-hybridized carbons (Fsp3) is 0.750. The normalized spacial score (nSPS) is 23.2. The van der Waals surface area contributed by atoms with Gasteiger partial charge < -0.3 is 14.4 Å². The Morgan fingerprint density at radius 1 is 1.09 bits per heavy atom. The number of rotatable bonds is 5. The molecule has 1 aliphatic heterocycles. The summed E-state index contributed by atoms with van der Waals surface area (Å²) < 4.78 is 35.2. The molecule has 1 amide bonds. The summed E-state index contributed by atoms with van der Waals surface area (Å²) in [4.78, 5) is 18.3. The molecule has 1 saturated carbocycles. The molecule has 2 aliphatic rings. The topological polar surface area (TPSA) is 85.8 Å². The Labute approximate surface area is 192 Å². The van der Waals surface area contributed by atoms with E-state index in [1.807, 2.05) is 33.8 Å². The van der Waals surface area contributed by atoms with Crippen LogP contribution < -0.4 is 0 Å². The Balaban J connectivity index is 1.40. The third-order valence-corrected chi connectivity index (χ3v) is 7.42. The van der Waals surface area contributed by atoms with Crippen LogP contribution in [0.3, 0.4) is 0 Å². The molecule has 1 aromatic rings. The molecular formula is C24H38N2O5S. The summed E-state index contributed by atoms with van der Waals surface area (Å²) in [7, 11) is -3.28. The van der Waals surface area contributed by atoms with E-state index in [2.05, 4.69) is 4.98 Å². The zero-order chi connectivity index (χ0) is 23.5. The number of likely N-dealkylation sites (tertiary alicyclic amines) is 1. The number of carbonyl (C=O) groups is 1. The molecule has 0 unspecified atom stereocenters. The average Bonchev–Trinajstić information content (AvgIpc) is 2.71. The molecule has 1 aromatic heterocycles. The molecule has 1 saturated heterocycles. The highest BCUT2D eigenvalue weighted by Gasteiger charge is 2.29. The number of amides is 1. The van der Waals surface area contributed by atoms with Crippen molar-refractivity contribution in [3.05, 3.63) is 23.4 Å². The fourth-order valence-electron chi connectivity index (χ4n) is 4.61. The highest BCUT2D eigenvalue weighted by molar-refractivity contribution is 7.90. The lowest BCUT2D eigenvalue weighted by atomic mass is 9.82. The van der Waals surface area contributed by atoms with E-state index < -0.39 is 15.4 Å².